The van der Waals surface area contributed by atoms with E-state index in [9.17, 15) is 0 Å². The Kier molecular flexibility index (Phi) is 1.46. The number of hydrogen-bond acceptors (Lipinski definition) is 1. The minimum Gasteiger partial charge on any atom is -0.391 e. The molecule has 2 rings (SSSR count). The molecule has 0 aromatic carbocycles. The molecule has 0 saturated heterocycles. The Bertz CT molecular complexity index is 284. The second-order valence-corrected chi connectivity index (χ2v) is 2.83. The van der Waals surface area contributed by atoms with Gasteiger partial charge in [-0.05, 0) is 30.5 Å². The lowest BCUT2D eigenvalue weighted by Gasteiger charge is -2.12. The highest BCUT2D eigenvalue weighted by atomic mass is 14.8. The molecular weight excluding hydrogens is 136 g/mol. The monoisotopic (exact) mass is 148 g/mol. The van der Waals surface area contributed by atoms with E-state index in [1.807, 2.05) is 13.2 Å². The number of aromatic nitrogens is 1. The zero-order chi connectivity index (χ0) is 7.68. The van der Waals surface area contributed by atoms with Crippen molar-refractivity contribution in [3.05, 3.63) is 29.2 Å². The first-order chi connectivity index (χ1) is 5.40. The maximum Gasteiger partial charge on any atom is 0.0225 e. The van der Waals surface area contributed by atoms with Crippen molar-refractivity contribution < 1.29 is 0 Å². The zero-order valence-corrected chi connectivity index (χ0v) is 6.65. The standard InChI is InChI=1S/C9H12N2/c1-10-8-2-3-9-7(6-8)4-5-11-9/h4-6,10-11H,2-3H2,1H3. The summed E-state index contributed by atoms with van der Waals surface area (Å²) in [4.78, 5) is 3.23. The normalized spacial score (nSPS) is 15.5. The summed E-state index contributed by atoms with van der Waals surface area (Å²) in [6.07, 6.45) is 6.47. The lowest BCUT2D eigenvalue weighted by Crippen LogP contribution is -2.10. The third-order valence-electron chi connectivity index (χ3n) is 2.16. The highest BCUT2D eigenvalue weighted by molar-refractivity contribution is 5.57. The molecule has 2 nitrogen and oxygen atoms in total. The molecule has 1 aromatic heterocycles. The van der Waals surface area contributed by atoms with Crippen LogP contribution in [-0.4, -0.2) is 12.0 Å². The van der Waals surface area contributed by atoms with Crippen molar-refractivity contribution >= 4 is 6.08 Å². The molecule has 0 amide bonds. The summed E-state index contributed by atoms with van der Waals surface area (Å²) < 4.78 is 0. The molecule has 1 aliphatic rings. The lowest BCUT2D eigenvalue weighted by atomic mass is 10.0. The maximum absolute atomic E-state index is 3.23. The van der Waals surface area contributed by atoms with Gasteiger partial charge in [0.2, 0.25) is 0 Å². The van der Waals surface area contributed by atoms with E-state index < -0.39 is 0 Å². The molecule has 1 heterocycles. The van der Waals surface area contributed by atoms with Crippen LogP contribution in [0.1, 0.15) is 17.7 Å². The first-order valence-electron chi connectivity index (χ1n) is 3.95. The molecule has 58 valence electrons. The molecule has 0 saturated carbocycles. The molecule has 0 bridgehead atoms. The van der Waals surface area contributed by atoms with E-state index in [1.165, 1.54) is 17.0 Å². The average molecular weight is 148 g/mol. The number of hydrogen-bond donors (Lipinski definition) is 2. The Morgan fingerprint density at radius 3 is 3.18 bits per heavy atom. The third-order valence-corrected chi connectivity index (χ3v) is 2.16. The Labute approximate surface area is 66.3 Å². The van der Waals surface area contributed by atoms with Gasteiger partial charge in [0.05, 0.1) is 0 Å². The van der Waals surface area contributed by atoms with E-state index in [0.717, 1.165) is 12.8 Å². The molecule has 0 atom stereocenters. The molecule has 11 heavy (non-hydrogen) atoms. The third kappa shape index (κ3) is 1.04. The van der Waals surface area contributed by atoms with Crippen molar-refractivity contribution in [3.8, 4) is 0 Å². The number of aromatic amines is 1. The van der Waals surface area contributed by atoms with E-state index in [4.69, 9.17) is 0 Å². The first kappa shape index (κ1) is 6.53. The van der Waals surface area contributed by atoms with E-state index in [-0.39, 0.29) is 0 Å². The van der Waals surface area contributed by atoms with Crippen molar-refractivity contribution in [3.63, 3.8) is 0 Å². The summed E-state index contributed by atoms with van der Waals surface area (Å²) in [6, 6.07) is 2.12. The van der Waals surface area contributed by atoms with Crippen LogP contribution >= 0.6 is 0 Å². The molecule has 0 aliphatic heterocycles. The number of nitrogens with one attached hydrogen (secondary N) is 2. The van der Waals surface area contributed by atoms with Gasteiger partial charge in [-0.1, -0.05) is 0 Å². The van der Waals surface area contributed by atoms with Gasteiger partial charge in [0, 0.05) is 24.6 Å². The Hall–Kier alpha value is -1.18. The highest BCUT2D eigenvalue weighted by Gasteiger charge is 2.08. The van der Waals surface area contributed by atoms with Gasteiger partial charge >= 0.3 is 0 Å². The largest absolute Gasteiger partial charge is 0.391 e. The lowest BCUT2D eigenvalue weighted by molar-refractivity contribution is 0.816. The molecule has 1 aromatic rings. The number of rotatable bonds is 1. The van der Waals surface area contributed by atoms with E-state index in [2.05, 4.69) is 22.4 Å². The molecule has 1 aliphatic carbocycles. The van der Waals surface area contributed by atoms with Crippen LogP contribution < -0.4 is 5.32 Å². The topological polar surface area (TPSA) is 27.8 Å². The van der Waals surface area contributed by atoms with Gasteiger partial charge in [-0.15, -0.1) is 0 Å². The van der Waals surface area contributed by atoms with E-state index >= 15 is 0 Å². The second kappa shape index (κ2) is 2.46. The maximum atomic E-state index is 3.23. The SMILES string of the molecule is CNC1=Cc2cc[nH]c2CC1. The van der Waals surface area contributed by atoms with Crippen LogP contribution in [0.4, 0.5) is 0 Å². The number of aryl methyl sites for hydroxylation is 1. The molecule has 0 fully saturated rings. The Morgan fingerprint density at radius 1 is 1.45 bits per heavy atom. The minimum atomic E-state index is 1.13. The van der Waals surface area contributed by atoms with E-state index in [0.29, 0.717) is 0 Å². The van der Waals surface area contributed by atoms with Crippen molar-refractivity contribution in [2.45, 2.75) is 12.8 Å². The predicted octanol–water partition coefficient (Wildman–Crippen LogP) is 1.52. The van der Waals surface area contributed by atoms with Gasteiger partial charge in [-0.2, -0.15) is 0 Å². The predicted molar refractivity (Wildman–Crippen MR) is 46.2 cm³/mol. The first-order valence-corrected chi connectivity index (χ1v) is 3.95. The Balaban J connectivity index is 2.37. The van der Waals surface area contributed by atoms with Crippen molar-refractivity contribution in [2.24, 2.45) is 0 Å². The average Bonchev–Trinajstić information content (AvgIpc) is 2.50. The second-order valence-electron chi connectivity index (χ2n) is 2.83. The summed E-state index contributed by atoms with van der Waals surface area (Å²) in [6.45, 7) is 0. The van der Waals surface area contributed by atoms with Crippen molar-refractivity contribution in [1.82, 2.24) is 10.3 Å². The summed E-state index contributed by atoms with van der Waals surface area (Å²) in [5.41, 5.74) is 4.03. The van der Waals surface area contributed by atoms with Gasteiger partial charge in [-0.3, -0.25) is 0 Å². The van der Waals surface area contributed by atoms with Crippen LogP contribution in [0.2, 0.25) is 0 Å². The molecule has 2 heteroatoms. The molecule has 2 N–H and O–H groups in total. The number of H-pyrrole nitrogens is 1. The van der Waals surface area contributed by atoms with Gasteiger partial charge in [0.15, 0.2) is 0 Å². The van der Waals surface area contributed by atoms with Crippen LogP contribution in [0.5, 0.6) is 0 Å². The fourth-order valence-electron chi connectivity index (χ4n) is 1.48. The van der Waals surface area contributed by atoms with Crippen LogP contribution in [0.25, 0.3) is 6.08 Å². The van der Waals surface area contributed by atoms with Crippen LogP contribution in [0.15, 0.2) is 18.0 Å². The highest BCUT2D eigenvalue weighted by Crippen LogP contribution is 2.20. The zero-order valence-electron chi connectivity index (χ0n) is 6.65. The summed E-state index contributed by atoms with van der Waals surface area (Å²) >= 11 is 0. The van der Waals surface area contributed by atoms with Gasteiger partial charge in [-0.25, -0.2) is 0 Å². The van der Waals surface area contributed by atoms with Crippen molar-refractivity contribution in [1.29, 1.82) is 0 Å². The summed E-state index contributed by atoms with van der Waals surface area (Å²) in [5, 5.41) is 3.18. The number of fused-ring (bicyclic) bond motifs is 1. The molecule has 0 radical (unpaired) electrons. The Morgan fingerprint density at radius 2 is 2.36 bits per heavy atom. The number of allylic oxidation sites excluding steroid dienone is 1. The molecule has 0 unspecified atom stereocenters. The summed E-state index contributed by atoms with van der Waals surface area (Å²) in [5.74, 6) is 0. The van der Waals surface area contributed by atoms with Crippen LogP contribution in [0, 0.1) is 0 Å². The fourth-order valence-corrected chi connectivity index (χ4v) is 1.48. The van der Waals surface area contributed by atoms with E-state index in [1.54, 1.807) is 0 Å². The van der Waals surface area contributed by atoms with Gasteiger partial charge in [0.1, 0.15) is 0 Å². The van der Waals surface area contributed by atoms with Crippen LogP contribution in [-0.2, 0) is 6.42 Å². The smallest absolute Gasteiger partial charge is 0.0225 e. The fraction of sp³-hybridized carbons (Fsp3) is 0.333. The molecular formula is C9H12N2. The minimum absolute atomic E-state index is 1.13. The van der Waals surface area contributed by atoms with Gasteiger partial charge < -0.3 is 10.3 Å². The summed E-state index contributed by atoms with van der Waals surface area (Å²) in [7, 11) is 1.98. The quantitative estimate of drug-likeness (QED) is 0.621. The van der Waals surface area contributed by atoms with Crippen LogP contribution in [0.3, 0.4) is 0 Å². The van der Waals surface area contributed by atoms with Crippen molar-refractivity contribution in [2.75, 3.05) is 7.05 Å². The molecule has 0 spiro atoms. The van der Waals surface area contributed by atoms with Gasteiger partial charge in [0.25, 0.3) is 0 Å².